The Morgan fingerprint density at radius 3 is 2.71 bits per heavy atom. The highest BCUT2D eigenvalue weighted by Gasteiger charge is 2.32. The number of methoxy groups -OCH3 is 1. The van der Waals surface area contributed by atoms with Gasteiger partial charge in [0.15, 0.2) is 0 Å². The number of urea groups is 1. The number of likely N-dealkylation sites (tertiary alicyclic amines) is 1. The fourth-order valence-corrected chi connectivity index (χ4v) is 4.86. The van der Waals surface area contributed by atoms with Crippen molar-refractivity contribution in [2.75, 3.05) is 38.7 Å². The zero-order valence-electron chi connectivity index (χ0n) is 15.8. The van der Waals surface area contributed by atoms with Gasteiger partial charge in [-0.05, 0) is 49.2 Å². The van der Waals surface area contributed by atoms with Crippen LogP contribution in [-0.2, 0) is 4.74 Å². The van der Waals surface area contributed by atoms with Gasteiger partial charge in [0.25, 0.3) is 0 Å². The molecule has 8 heteroatoms. The molecule has 3 rings (SSSR count). The van der Waals surface area contributed by atoms with Gasteiger partial charge in [-0.3, -0.25) is 0 Å². The molecule has 5 nitrogen and oxygen atoms in total. The molecule has 2 aromatic rings. The van der Waals surface area contributed by atoms with Crippen LogP contribution in [0.2, 0.25) is 9.36 Å². The third kappa shape index (κ3) is 6.09. The van der Waals surface area contributed by atoms with Gasteiger partial charge in [0.05, 0.1) is 4.34 Å². The molecule has 1 aromatic carbocycles. The van der Waals surface area contributed by atoms with Crippen LogP contribution in [0, 0.1) is 0 Å². The van der Waals surface area contributed by atoms with E-state index < -0.39 is 0 Å². The highest BCUT2D eigenvalue weighted by Crippen LogP contribution is 2.34. The van der Waals surface area contributed by atoms with Crippen molar-refractivity contribution in [3.63, 3.8) is 0 Å². The van der Waals surface area contributed by atoms with E-state index in [1.807, 2.05) is 6.07 Å². The maximum Gasteiger partial charge on any atom is 0.319 e. The van der Waals surface area contributed by atoms with Crippen molar-refractivity contribution in [2.24, 2.45) is 0 Å². The zero-order valence-corrected chi connectivity index (χ0v) is 18.1. The third-order valence-corrected chi connectivity index (χ3v) is 6.51. The van der Waals surface area contributed by atoms with Crippen LogP contribution >= 0.6 is 34.5 Å². The van der Waals surface area contributed by atoms with E-state index in [1.165, 1.54) is 4.88 Å². The molecule has 0 aliphatic carbocycles. The first-order valence-corrected chi connectivity index (χ1v) is 10.9. The molecule has 1 fully saturated rings. The maximum atomic E-state index is 12.5. The van der Waals surface area contributed by atoms with Crippen LogP contribution in [0.5, 0.6) is 0 Å². The Morgan fingerprint density at radius 2 is 2.04 bits per heavy atom. The lowest BCUT2D eigenvalue weighted by molar-refractivity contribution is 0.144. The predicted molar refractivity (Wildman–Crippen MR) is 117 cm³/mol. The number of rotatable bonds is 7. The number of carbonyl (C=O) groups is 1. The number of hydrogen-bond acceptors (Lipinski definition) is 4. The summed E-state index contributed by atoms with van der Waals surface area (Å²) in [5.74, 6) is 0.213. The molecule has 1 saturated heterocycles. The molecule has 1 aliphatic heterocycles. The Bertz CT molecular complexity index is 769. The number of nitrogens with zero attached hydrogens (tertiary/aromatic N) is 1. The first kappa shape index (κ1) is 21.4. The number of thiophene rings is 1. The number of benzene rings is 1. The molecule has 2 N–H and O–H groups in total. The second-order valence-corrected chi connectivity index (χ2v) is 9.08. The average molecular weight is 442 g/mol. The topological polar surface area (TPSA) is 53.6 Å². The Morgan fingerprint density at radius 1 is 1.25 bits per heavy atom. The number of anilines is 1. The second kappa shape index (κ2) is 10.5. The molecular weight excluding hydrogens is 417 g/mol. The van der Waals surface area contributed by atoms with Crippen molar-refractivity contribution >= 4 is 46.3 Å². The second-order valence-electron chi connectivity index (χ2n) is 6.90. The molecule has 1 aromatic heterocycles. The van der Waals surface area contributed by atoms with Gasteiger partial charge in [-0.2, -0.15) is 0 Å². The van der Waals surface area contributed by atoms with Crippen molar-refractivity contribution in [2.45, 2.75) is 24.8 Å². The summed E-state index contributed by atoms with van der Waals surface area (Å²) >= 11 is 13.7. The lowest BCUT2D eigenvalue weighted by Crippen LogP contribution is -2.50. The molecule has 2 amide bonds. The number of nitrogens with one attached hydrogen (secondary N) is 2. The first-order valence-electron chi connectivity index (χ1n) is 9.35. The van der Waals surface area contributed by atoms with Crippen LogP contribution in [0.4, 0.5) is 10.5 Å². The monoisotopic (exact) mass is 441 g/mol. The lowest BCUT2D eigenvalue weighted by Gasteiger charge is -2.38. The molecule has 0 radical (unpaired) electrons. The average Bonchev–Trinajstić information content (AvgIpc) is 3.11. The number of halogens is 2. The van der Waals surface area contributed by atoms with E-state index in [2.05, 4.69) is 21.6 Å². The lowest BCUT2D eigenvalue weighted by atomic mass is 9.90. The molecule has 0 bridgehead atoms. The molecule has 152 valence electrons. The number of carbonyl (C=O) groups excluding carboxylic acids is 1. The van der Waals surface area contributed by atoms with Crippen LogP contribution in [0.15, 0.2) is 36.4 Å². The Labute approximate surface area is 180 Å². The van der Waals surface area contributed by atoms with Crippen LogP contribution in [0.3, 0.4) is 0 Å². The van der Waals surface area contributed by atoms with Gasteiger partial charge in [0.1, 0.15) is 0 Å². The largest absolute Gasteiger partial charge is 0.385 e. The van der Waals surface area contributed by atoms with Gasteiger partial charge in [-0.15, -0.1) is 11.3 Å². The van der Waals surface area contributed by atoms with Gasteiger partial charge >= 0.3 is 6.03 Å². The normalized spacial score (nSPS) is 20.1. The zero-order chi connectivity index (χ0) is 19.9. The Balaban J connectivity index is 1.64. The fraction of sp³-hybridized carbons (Fsp3) is 0.450. The van der Waals surface area contributed by atoms with Gasteiger partial charge in [0, 0.05) is 60.9 Å². The summed E-state index contributed by atoms with van der Waals surface area (Å²) in [5, 5.41) is 6.68. The van der Waals surface area contributed by atoms with E-state index >= 15 is 0 Å². The summed E-state index contributed by atoms with van der Waals surface area (Å²) in [6, 6.07) is 10.9. The SMILES string of the molecule is COCCCN1CC[C@@H](NC(=O)Nc2ccc(Cl)cc2)[C@H](c2ccc(Cl)s2)C1. The number of ether oxygens (including phenoxy) is 1. The minimum atomic E-state index is -0.201. The van der Waals surface area contributed by atoms with Crippen LogP contribution in [0.1, 0.15) is 23.6 Å². The van der Waals surface area contributed by atoms with E-state index in [-0.39, 0.29) is 18.0 Å². The molecule has 2 atom stereocenters. The molecule has 2 heterocycles. The molecule has 1 aliphatic rings. The van der Waals surface area contributed by atoms with E-state index in [9.17, 15) is 4.79 Å². The summed E-state index contributed by atoms with van der Waals surface area (Å²) in [6.45, 7) is 3.60. The minimum Gasteiger partial charge on any atom is -0.385 e. The molecule has 0 unspecified atom stereocenters. The van der Waals surface area contributed by atoms with Crippen molar-refractivity contribution in [3.8, 4) is 0 Å². The van der Waals surface area contributed by atoms with E-state index in [0.717, 1.165) is 49.1 Å². The Hall–Kier alpha value is -1.31. The van der Waals surface area contributed by atoms with E-state index in [4.69, 9.17) is 27.9 Å². The van der Waals surface area contributed by atoms with Crippen LogP contribution < -0.4 is 10.6 Å². The quantitative estimate of drug-likeness (QED) is 0.589. The van der Waals surface area contributed by atoms with Crippen molar-refractivity contribution in [1.29, 1.82) is 0 Å². The van der Waals surface area contributed by atoms with Gasteiger partial charge in [-0.1, -0.05) is 23.2 Å². The summed E-state index contributed by atoms with van der Waals surface area (Å²) in [5.41, 5.74) is 0.717. The summed E-state index contributed by atoms with van der Waals surface area (Å²) in [6.07, 6.45) is 1.89. The summed E-state index contributed by atoms with van der Waals surface area (Å²) in [7, 11) is 1.73. The van der Waals surface area contributed by atoms with Crippen molar-refractivity contribution < 1.29 is 9.53 Å². The summed E-state index contributed by atoms with van der Waals surface area (Å²) < 4.78 is 5.94. The highest BCUT2D eigenvalue weighted by molar-refractivity contribution is 7.16. The van der Waals surface area contributed by atoms with Gasteiger partial charge < -0.3 is 20.3 Å². The smallest absolute Gasteiger partial charge is 0.319 e. The minimum absolute atomic E-state index is 0.0562. The van der Waals surface area contributed by atoms with Crippen molar-refractivity contribution in [3.05, 3.63) is 50.6 Å². The first-order chi connectivity index (χ1) is 13.5. The van der Waals surface area contributed by atoms with Crippen LogP contribution in [-0.4, -0.2) is 50.3 Å². The van der Waals surface area contributed by atoms with Crippen LogP contribution in [0.25, 0.3) is 0 Å². The fourth-order valence-electron chi connectivity index (χ4n) is 3.51. The summed E-state index contributed by atoms with van der Waals surface area (Å²) in [4.78, 5) is 16.2. The maximum absolute atomic E-state index is 12.5. The molecule has 0 saturated carbocycles. The number of hydrogen-bond donors (Lipinski definition) is 2. The predicted octanol–water partition coefficient (Wildman–Crippen LogP) is 5.07. The molecule has 0 spiro atoms. The molecule has 28 heavy (non-hydrogen) atoms. The number of piperidine rings is 1. The molecular formula is C20H25Cl2N3O2S. The van der Waals surface area contributed by atoms with Gasteiger partial charge in [-0.25, -0.2) is 4.79 Å². The van der Waals surface area contributed by atoms with E-state index in [1.54, 1.807) is 42.7 Å². The van der Waals surface area contributed by atoms with E-state index in [0.29, 0.717) is 5.02 Å². The van der Waals surface area contributed by atoms with Gasteiger partial charge in [0.2, 0.25) is 0 Å². The van der Waals surface area contributed by atoms with Crippen molar-refractivity contribution in [1.82, 2.24) is 10.2 Å². The third-order valence-electron chi connectivity index (χ3n) is 4.90. The number of amides is 2. The Kier molecular flexibility index (Phi) is 8.00. The highest BCUT2D eigenvalue weighted by atomic mass is 35.5. The standard InChI is InChI=1S/C20H25Cl2N3O2S/c1-27-12-2-10-25-11-9-17(16(13-25)18-7-8-19(22)28-18)24-20(26)23-15-5-3-14(21)4-6-15/h3-8,16-17H,2,9-13H2,1H3,(H2,23,24,26)/t16-,17-/m1/s1.